The number of rotatable bonds is 2. The molecule has 2 aromatic carbocycles. The molecule has 0 unspecified atom stereocenters. The Morgan fingerprint density at radius 3 is 1.19 bits per heavy atom. The van der Waals surface area contributed by atoms with Crippen molar-refractivity contribution in [2.45, 2.75) is 40.6 Å². The summed E-state index contributed by atoms with van der Waals surface area (Å²) in [6, 6.07) is 21.9. The molecular formula is C19H28SiSn. The van der Waals surface area contributed by atoms with Gasteiger partial charge in [-0.1, -0.05) is 91.8 Å². The van der Waals surface area contributed by atoms with E-state index in [1.54, 1.807) is 0 Å². The first kappa shape index (κ1) is 18.5. The van der Waals surface area contributed by atoms with Gasteiger partial charge in [0.05, 0.1) is 0 Å². The molecule has 2 heteroatoms. The van der Waals surface area contributed by atoms with Gasteiger partial charge in [0.1, 0.15) is 8.80 Å². The number of hydrogen-bond acceptors (Lipinski definition) is 0. The zero-order valence-corrected chi connectivity index (χ0v) is 18.1. The summed E-state index contributed by atoms with van der Waals surface area (Å²) in [5.74, 6) is 0. The first-order chi connectivity index (χ1) is 9.82. The van der Waals surface area contributed by atoms with Crippen LogP contribution in [0.25, 0.3) is 0 Å². The summed E-state index contributed by atoms with van der Waals surface area (Å²) in [5.41, 5.74) is 0. The third-order valence-electron chi connectivity index (χ3n) is 2.87. The fraction of sp³-hybridized carbons (Fsp3) is 0.368. The quantitative estimate of drug-likeness (QED) is 0.650. The van der Waals surface area contributed by atoms with E-state index in [4.69, 9.17) is 0 Å². The fourth-order valence-electron chi connectivity index (χ4n) is 2.24. The van der Waals surface area contributed by atoms with Crippen molar-refractivity contribution < 1.29 is 0 Å². The summed E-state index contributed by atoms with van der Waals surface area (Å²) in [6.07, 6.45) is 0. The van der Waals surface area contributed by atoms with Crippen LogP contribution in [0, 0.1) is 0 Å². The SMILES string of the molecule is CC(C)(C)[Si](c1ccccc1)c1ccccc1.[CH3][Sn]([CH3])[CH3]. The van der Waals surface area contributed by atoms with Crippen LogP contribution in [-0.4, -0.2) is 28.6 Å². The standard InChI is InChI=1S/C16H19Si.3CH3.Sn/c1-16(2,3)17(14-10-6-4-7-11-14)15-12-8-5-9-13-15;;;;/h4-13H,1-3H3;3*1H3;. The number of benzene rings is 2. The van der Waals surface area contributed by atoms with Crippen molar-refractivity contribution in [3.8, 4) is 0 Å². The molecule has 0 saturated carbocycles. The molecule has 0 aliphatic rings. The van der Waals surface area contributed by atoms with Gasteiger partial charge in [-0.2, -0.15) is 0 Å². The first-order valence-electron chi connectivity index (χ1n) is 7.57. The summed E-state index contributed by atoms with van der Waals surface area (Å²) >= 11 is -0.543. The van der Waals surface area contributed by atoms with Crippen LogP contribution in [0.15, 0.2) is 60.7 Å². The zero-order valence-electron chi connectivity index (χ0n) is 14.3. The molecule has 2 rings (SSSR count). The maximum atomic E-state index is 2.36. The van der Waals surface area contributed by atoms with Crippen LogP contribution in [0.1, 0.15) is 20.8 Å². The van der Waals surface area contributed by atoms with Crippen molar-refractivity contribution in [3.63, 3.8) is 0 Å². The average molecular weight is 403 g/mol. The Morgan fingerprint density at radius 2 is 0.952 bits per heavy atom. The molecular weight excluding hydrogens is 375 g/mol. The van der Waals surface area contributed by atoms with E-state index in [9.17, 15) is 0 Å². The summed E-state index contributed by atoms with van der Waals surface area (Å²) < 4.78 is 0. The molecule has 112 valence electrons. The number of hydrogen-bond donors (Lipinski definition) is 0. The predicted octanol–water partition coefficient (Wildman–Crippen LogP) is 4.47. The van der Waals surface area contributed by atoms with E-state index in [0.29, 0.717) is 5.04 Å². The van der Waals surface area contributed by atoms with Crippen LogP contribution in [0.3, 0.4) is 0 Å². The van der Waals surface area contributed by atoms with E-state index >= 15 is 0 Å². The second-order valence-electron chi connectivity index (χ2n) is 6.86. The van der Waals surface area contributed by atoms with Crippen LogP contribution in [0.5, 0.6) is 0 Å². The van der Waals surface area contributed by atoms with E-state index in [1.807, 2.05) is 0 Å². The molecule has 21 heavy (non-hydrogen) atoms. The molecule has 0 fully saturated rings. The Bertz CT molecular complexity index is 458. The molecule has 0 aliphatic heterocycles. The Labute approximate surface area is 140 Å². The van der Waals surface area contributed by atoms with Crippen LogP contribution < -0.4 is 10.4 Å². The third kappa shape index (κ3) is 6.83. The Kier molecular flexibility index (Phi) is 7.75. The van der Waals surface area contributed by atoms with Crippen molar-refractivity contribution in [1.29, 1.82) is 0 Å². The van der Waals surface area contributed by atoms with Gasteiger partial charge in [-0.05, 0) is 5.04 Å². The van der Waals surface area contributed by atoms with Gasteiger partial charge in [-0.3, -0.25) is 0 Å². The van der Waals surface area contributed by atoms with E-state index < -0.39 is 28.6 Å². The summed E-state index contributed by atoms with van der Waals surface area (Å²) in [5, 5.41) is 3.32. The van der Waals surface area contributed by atoms with E-state index in [1.165, 1.54) is 10.4 Å². The second-order valence-corrected chi connectivity index (χ2v) is 18.8. The molecule has 0 saturated heterocycles. The molecule has 2 radical (unpaired) electrons. The van der Waals surface area contributed by atoms with Crippen molar-refractivity contribution in [2.75, 3.05) is 0 Å². The van der Waals surface area contributed by atoms with Gasteiger partial charge in [0.2, 0.25) is 0 Å². The van der Waals surface area contributed by atoms with Crippen LogP contribution in [0.2, 0.25) is 19.9 Å². The predicted molar refractivity (Wildman–Crippen MR) is 101 cm³/mol. The van der Waals surface area contributed by atoms with Crippen molar-refractivity contribution >= 4 is 38.9 Å². The van der Waals surface area contributed by atoms with E-state index in [-0.39, 0.29) is 0 Å². The van der Waals surface area contributed by atoms with Gasteiger partial charge in [0, 0.05) is 0 Å². The normalized spacial score (nSPS) is 11.2. The molecule has 0 N–H and O–H groups in total. The maximum absolute atomic E-state index is 2.36. The second kappa shape index (κ2) is 8.79. The topological polar surface area (TPSA) is 0 Å². The molecule has 0 spiro atoms. The zero-order chi connectivity index (χ0) is 15.9. The van der Waals surface area contributed by atoms with Gasteiger partial charge in [-0.25, -0.2) is 0 Å². The van der Waals surface area contributed by atoms with Gasteiger partial charge >= 0.3 is 34.6 Å². The van der Waals surface area contributed by atoms with Crippen molar-refractivity contribution in [1.82, 2.24) is 0 Å². The molecule has 2 aromatic rings. The van der Waals surface area contributed by atoms with Gasteiger partial charge < -0.3 is 0 Å². The van der Waals surface area contributed by atoms with Crippen LogP contribution in [-0.2, 0) is 0 Å². The van der Waals surface area contributed by atoms with Gasteiger partial charge in [-0.15, -0.1) is 0 Å². The van der Waals surface area contributed by atoms with Crippen molar-refractivity contribution in [2.24, 2.45) is 0 Å². The molecule has 0 amide bonds. The molecule has 0 bridgehead atoms. The van der Waals surface area contributed by atoms with E-state index in [0.717, 1.165) is 0 Å². The van der Waals surface area contributed by atoms with Gasteiger partial charge in [0.15, 0.2) is 0 Å². The molecule has 0 nitrogen and oxygen atoms in total. The Balaban J connectivity index is 0.000000491. The van der Waals surface area contributed by atoms with Crippen LogP contribution in [0.4, 0.5) is 0 Å². The van der Waals surface area contributed by atoms with E-state index in [2.05, 4.69) is 96.3 Å². The molecule has 0 heterocycles. The molecule has 0 aliphatic carbocycles. The van der Waals surface area contributed by atoms with Crippen LogP contribution >= 0.6 is 0 Å². The third-order valence-corrected chi connectivity index (χ3v) is 6.20. The minimum atomic E-state index is -0.715. The summed E-state index contributed by atoms with van der Waals surface area (Å²) in [7, 11) is -0.715. The summed E-state index contributed by atoms with van der Waals surface area (Å²) in [6.45, 7) is 7.05. The Morgan fingerprint density at radius 1 is 0.667 bits per heavy atom. The first-order valence-corrected chi connectivity index (χ1v) is 17.6. The molecule has 0 aromatic heterocycles. The molecule has 0 atom stereocenters. The Hall–Kier alpha value is -0.544. The monoisotopic (exact) mass is 404 g/mol. The average Bonchev–Trinajstić information content (AvgIpc) is 2.39. The fourth-order valence-corrected chi connectivity index (χ4v) is 5.36. The van der Waals surface area contributed by atoms with Gasteiger partial charge in [0.25, 0.3) is 0 Å². The summed E-state index contributed by atoms with van der Waals surface area (Å²) in [4.78, 5) is 7.09. The van der Waals surface area contributed by atoms with Crippen molar-refractivity contribution in [3.05, 3.63) is 60.7 Å². The minimum absolute atomic E-state index is 0.327.